The maximum Gasteiger partial charge on any atom is 0.491 e. The number of amides is 1. The van der Waals surface area contributed by atoms with Crippen LogP contribution in [0.4, 0.5) is 13.2 Å². The van der Waals surface area contributed by atoms with E-state index in [4.69, 9.17) is 5.73 Å². The summed E-state index contributed by atoms with van der Waals surface area (Å²) in [5.74, 6) is -5.00. The van der Waals surface area contributed by atoms with Gasteiger partial charge in [0.25, 0.3) is 0 Å². The van der Waals surface area contributed by atoms with Gasteiger partial charge in [-0.25, -0.2) is 9.59 Å². The first-order valence-electron chi connectivity index (χ1n) is 4.33. The zero-order valence-corrected chi connectivity index (χ0v) is 9.08. The van der Waals surface area contributed by atoms with Crippen molar-refractivity contribution >= 4 is 17.8 Å². The minimum Gasteiger partial charge on any atom is -0.385 e. The van der Waals surface area contributed by atoms with Gasteiger partial charge in [-0.3, -0.25) is 9.69 Å². The van der Waals surface area contributed by atoms with Crippen molar-refractivity contribution in [1.29, 1.82) is 0 Å². The molecule has 17 heavy (non-hydrogen) atoms. The van der Waals surface area contributed by atoms with Gasteiger partial charge in [0.1, 0.15) is 6.04 Å². The molecule has 1 atom stereocenters. The van der Waals surface area contributed by atoms with Crippen LogP contribution in [0.15, 0.2) is 0 Å². The highest BCUT2D eigenvalue weighted by Gasteiger charge is 2.43. The summed E-state index contributed by atoms with van der Waals surface area (Å²) >= 11 is 0. The van der Waals surface area contributed by atoms with Gasteiger partial charge in [-0.15, -0.1) is 0 Å². The molecular weight excluding hydrogens is 245 g/mol. The van der Waals surface area contributed by atoms with E-state index in [1.54, 1.807) is 0 Å². The Kier molecular flexibility index (Phi) is 5.08. The van der Waals surface area contributed by atoms with E-state index in [2.05, 4.69) is 4.74 Å². The van der Waals surface area contributed by atoms with E-state index in [1.165, 1.54) is 14.1 Å². The Morgan fingerprint density at radius 3 is 2.06 bits per heavy atom. The van der Waals surface area contributed by atoms with E-state index in [-0.39, 0.29) is 0 Å². The number of alkyl halides is 3. The molecule has 0 saturated heterocycles. The molecule has 1 amide bonds. The summed E-state index contributed by atoms with van der Waals surface area (Å²) in [6.45, 7) is 0. The Balaban J connectivity index is 4.65. The predicted molar refractivity (Wildman–Crippen MR) is 48.4 cm³/mol. The second kappa shape index (κ2) is 5.62. The third kappa shape index (κ3) is 5.29. The standard InChI is InChI=1S/C8H11F3N2O4/c1-13(2)4(3-5(12)14)6(15)17-7(16)8(9,10)11/h4H,3H2,1-2H3,(H2,12,14)/t4-/m0/s1. The normalized spacial score (nSPS) is 13.3. The third-order valence-corrected chi connectivity index (χ3v) is 1.71. The minimum atomic E-state index is -5.26. The van der Waals surface area contributed by atoms with Gasteiger partial charge in [0.15, 0.2) is 0 Å². The minimum absolute atomic E-state index is 0.545. The first kappa shape index (κ1) is 15.4. The number of carbonyl (C=O) groups is 3. The van der Waals surface area contributed by atoms with Crippen LogP contribution in [0.5, 0.6) is 0 Å². The number of primary amides is 1. The van der Waals surface area contributed by atoms with Gasteiger partial charge in [-0.05, 0) is 14.1 Å². The highest BCUT2D eigenvalue weighted by atomic mass is 19.4. The van der Waals surface area contributed by atoms with E-state index in [1.807, 2.05) is 0 Å². The van der Waals surface area contributed by atoms with Crippen LogP contribution in [0.1, 0.15) is 6.42 Å². The zero-order valence-electron chi connectivity index (χ0n) is 9.08. The number of carbonyl (C=O) groups excluding carboxylic acids is 3. The van der Waals surface area contributed by atoms with E-state index >= 15 is 0 Å². The molecule has 6 nitrogen and oxygen atoms in total. The average molecular weight is 256 g/mol. The van der Waals surface area contributed by atoms with Crippen LogP contribution >= 0.6 is 0 Å². The van der Waals surface area contributed by atoms with Crippen molar-refractivity contribution in [3.8, 4) is 0 Å². The maximum atomic E-state index is 11.8. The highest BCUT2D eigenvalue weighted by molar-refractivity contribution is 5.93. The van der Waals surface area contributed by atoms with Crippen molar-refractivity contribution in [2.24, 2.45) is 5.73 Å². The molecule has 0 aliphatic carbocycles. The molecule has 0 saturated carbocycles. The number of hydrogen-bond acceptors (Lipinski definition) is 5. The number of likely N-dealkylation sites (N-methyl/N-ethyl adjacent to an activating group) is 1. The summed E-state index contributed by atoms with van der Waals surface area (Å²) in [4.78, 5) is 33.3. The Morgan fingerprint density at radius 1 is 1.29 bits per heavy atom. The number of rotatable bonds is 4. The molecule has 2 N–H and O–H groups in total. The molecular formula is C8H11F3N2O4. The highest BCUT2D eigenvalue weighted by Crippen LogP contribution is 2.17. The van der Waals surface area contributed by atoms with Gasteiger partial charge in [0.05, 0.1) is 6.42 Å². The second-order valence-corrected chi connectivity index (χ2v) is 3.36. The lowest BCUT2D eigenvalue weighted by Gasteiger charge is -2.20. The summed E-state index contributed by atoms with van der Waals surface area (Å²) in [7, 11) is 2.65. The van der Waals surface area contributed by atoms with Gasteiger partial charge in [-0.1, -0.05) is 0 Å². The number of hydrogen-bond donors (Lipinski definition) is 1. The van der Waals surface area contributed by atoms with Crippen LogP contribution in [0.3, 0.4) is 0 Å². The molecule has 98 valence electrons. The molecule has 0 unspecified atom stereocenters. The Bertz CT molecular complexity index is 327. The molecule has 0 aromatic carbocycles. The summed E-state index contributed by atoms with van der Waals surface area (Å²) < 4.78 is 39.0. The van der Waals surface area contributed by atoms with Crippen LogP contribution < -0.4 is 5.73 Å². The van der Waals surface area contributed by atoms with Gasteiger partial charge in [0, 0.05) is 0 Å². The average Bonchev–Trinajstić information content (AvgIpc) is 2.11. The topological polar surface area (TPSA) is 89.7 Å². The lowest BCUT2D eigenvalue weighted by molar-refractivity contribution is -0.203. The Labute approximate surface area is 94.5 Å². The van der Waals surface area contributed by atoms with Crippen LogP contribution in [-0.2, 0) is 19.1 Å². The molecule has 0 bridgehead atoms. The molecule has 0 heterocycles. The van der Waals surface area contributed by atoms with Crippen molar-refractivity contribution in [2.75, 3.05) is 14.1 Å². The van der Waals surface area contributed by atoms with E-state index in [0.717, 1.165) is 4.90 Å². The van der Waals surface area contributed by atoms with Crippen LogP contribution in [0.25, 0.3) is 0 Å². The fraction of sp³-hybridized carbons (Fsp3) is 0.625. The Hall–Kier alpha value is -1.64. The molecule has 0 fully saturated rings. The van der Waals surface area contributed by atoms with Gasteiger partial charge < -0.3 is 10.5 Å². The van der Waals surface area contributed by atoms with Crippen LogP contribution in [0.2, 0.25) is 0 Å². The monoisotopic (exact) mass is 256 g/mol. The van der Waals surface area contributed by atoms with Gasteiger partial charge in [-0.2, -0.15) is 13.2 Å². The number of esters is 2. The quantitative estimate of drug-likeness (QED) is 0.537. The summed E-state index contributed by atoms with van der Waals surface area (Å²) in [5, 5.41) is 0. The van der Waals surface area contributed by atoms with Crippen molar-refractivity contribution in [2.45, 2.75) is 18.6 Å². The maximum absolute atomic E-state index is 11.8. The first-order chi connectivity index (χ1) is 7.55. The summed E-state index contributed by atoms with van der Waals surface area (Å²) in [6.07, 6.45) is -5.81. The molecule has 0 rings (SSSR count). The number of nitrogens with zero attached hydrogens (tertiary/aromatic N) is 1. The largest absolute Gasteiger partial charge is 0.491 e. The van der Waals surface area contributed by atoms with E-state index in [9.17, 15) is 27.6 Å². The van der Waals surface area contributed by atoms with E-state index < -0.39 is 36.5 Å². The van der Waals surface area contributed by atoms with Crippen molar-refractivity contribution in [3.05, 3.63) is 0 Å². The summed E-state index contributed by atoms with van der Waals surface area (Å²) in [5.41, 5.74) is 4.81. The summed E-state index contributed by atoms with van der Waals surface area (Å²) in [6, 6.07) is -1.33. The number of ether oxygens (including phenoxy) is 1. The molecule has 0 aliphatic heterocycles. The van der Waals surface area contributed by atoms with Crippen molar-refractivity contribution in [3.63, 3.8) is 0 Å². The molecule has 9 heteroatoms. The van der Waals surface area contributed by atoms with Crippen LogP contribution in [0, 0.1) is 0 Å². The Morgan fingerprint density at radius 2 is 1.76 bits per heavy atom. The number of nitrogens with two attached hydrogens (primary N) is 1. The molecule has 0 aromatic heterocycles. The first-order valence-corrected chi connectivity index (χ1v) is 4.33. The predicted octanol–water partition coefficient (Wildman–Crippen LogP) is -0.576. The third-order valence-electron chi connectivity index (χ3n) is 1.71. The zero-order chi connectivity index (χ0) is 13.8. The SMILES string of the molecule is CN(C)[C@@H](CC(N)=O)C(=O)OC(=O)C(F)(F)F. The van der Waals surface area contributed by atoms with Crippen molar-refractivity contribution in [1.82, 2.24) is 4.90 Å². The van der Waals surface area contributed by atoms with Gasteiger partial charge in [0.2, 0.25) is 5.91 Å². The molecule has 0 aliphatic rings. The van der Waals surface area contributed by atoms with Gasteiger partial charge >= 0.3 is 18.1 Å². The smallest absolute Gasteiger partial charge is 0.385 e. The van der Waals surface area contributed by atoms with Crippen LogP contribution in [-0.4, -0.2) is 49.1 Å². The lowest BCUT2D eigenvalue weighted by atomic mass is 10.2. The molecule has 0 radical (unpaired) electrons. The fourth-order valence-electron chi connectivity index (χ4n) is 0.885. The molecule has 0 aromatic rings. The van der Waals surface area contributed by atoms with Crippen molar-refractivity contribution < 1.29 is 32.3 Å². The lowest BCUT2D eigenvalue weighted by Crippen LogP contribution is -2.42. The van der Waals surface area contributed by atoms with E-state index in [0.29, 0.717) is 0 Å². The fourth-order valence-corrected chi connectivity index (χ4v) is 0.885. The molecule has 0 spiro atoms. The number of halogens is 3. The second-order valence-electron chi connectivity index (χ2n) is 3.36.